The first-order valence-corrected chi connectivity index (χ1v) is 7.42. The number of rotatable bonds is 13. The molecule has 17 heavy (non-hydrogen) atoms. The molecule has 0 aliphatic rings. The quantitative estimate of drug-likeness (QED) is 0.327. The van der Waals surface area contributed by atoms with Crippen molar-refractivity contribution >= 4 is 0 Å². The Bertz CT molecular complexity index is 174. The fraction of sp³-hybridized carbons (Fsp3) is 0.933. The summed E-state index contributed by atoms with van der Waals surface area (Å²) in [6.45, 7) is 2.87. The van der Waals surface area contributed by atoms with Crippen LogP contribution in [0.25, 0.3) is 0 Å². The second-order valence-corrected chi connectivity index (χ2v) is 4.83. The van der Waals surface area contributed by atoms with E-state index in [0.717, 1.165) is 6.42 Å². The maximum absolute atomic E-state index is 8.17. The Balaban J connectivity index is 2.87. The van der Waals surface area contributed by atoms with E-state index in [1.165, 1.54) is 70.6 Å². The molecule has 0 saturated heterocycles. The van der Waals surface area contributed by atoms with E-state index < -0.39 is 0 Å². The first-order chi connectivity index (χ1) is 8.41. The Morgan fingerprint density at radius 1 is 0.706 bits per heavy atom. The van der Waals surface area contributed by atoms with E-state index in [0.29, 0.717) is 6.61 Å². The molecule has 0 bridgehead atoms. The molecule has 2 nitrogen and oxygen atoms in total. The molecule has 0 rings (SSSR count). The molecule has 0 N–H and O–H groups in total. The fourth-order valence-corrected chi connectivity index (χ4v) is 2.06. The lowest BCUT2D eigenvalue weighted by Crippen LogP contribution is -1.88. The number of hydrogen-bond donors (Lipinski definition) is 0. The van der Waals surface area contributed by atoms with Crippen molar-refractivity contribution in [1.29, 1.82) is 5.26 Å². The summed E-state index contributed by atoms with van der Waals surface area (Å²) in [5.74, 6) is 0. The number of unbranched alkanes of at least 4 members (excludes halogenated alkanes) is 11. The standard InChI is InChI=1S/C15H29NO/c1-2-3-4-5-6-7-8-9-10-11-12-13-14-17-15-16/h2-14H2,1H3. The first-order valence-electron chi connectivity index (χ1n) is 7.42. The minimum absolute atomic E-state index is 0.605. The second kappa shape index (κ2) is 15.3. The number of ether oxygens (including phenoxy) is 1. The lowest BCUT2D eigenvalue weighted by molar-refractivity contribution is 0.260. The van der Waals surface area contributed by atoms with Gasteiger partial charge in [0.1, 0.15) is 6.61 Å². The van der Waals surface area contributed by atoms with Crippen LogP contribution < -0.4 is 0 Å². The molecule has 0 amide bonds. The normalized spacial score (nSPS) is 10.1. The zero-order valence-corrected chi connectivity index (χ0v) is 11.5. The smallest absolute Gasteiger partial charge is 0.286 e. The van der Waals surface area contributed by atoms with Gasteiger partial charge in [-0.2, -0.15) is 5.26 Å². The minimum atomic E-state index is 0.605. The van der Waals surface area contributed by atoms with Crippen molar-refractivity contribution in [3.63, 3.8) is 0 Å². The lowest BCUT2D eigenvalue weighted by atomic mass is 10.1. The highest BCUT2D eigenvalue weighted by atomic mass is 16.5. The molecular formula is C15H29NO. The summed E-state index contributed by atoms with van der Waals surface area (Å²) in [6, 6.07) is 0. The van der Waals surface area contributed by atoms with E-state index in [2.05, 4.69) is 11.7 Å². The van der Waals surface area contributed by atoms with Crippen LogP contribution in [0, 0.1) is 11.5 Å². The van der Waals surface area contributed by atoms with Gasteiger partial charge >= 0.3 is 0 Å². The Morgan fingerprint density at radius 3 is 1.53 bits per heavy atom. The predicted molar refractivity (Wildman–Crippen MR) is 72.6 cm³/mol. The summed E-state index contributed by atoms with van der Waals surface area (Å²) < 4.78 is 4.63. The Labute approximate surface area is 107 Å². The average molecular weight is 239 g/mol. The molecule has 0 radical (unpaired) electrons. The summed E-state index contributed by atoms with van der Waals surface area (Å²) in [6.07, 6.45) is 17.8. The van der Waals surface area contributed by atoms with Crippen LogP contribution >= 0.6 is 0 Å². The lowest BCUT2D eigenvalue weighted by Gasteiger charge is -2.02. The molecule has 0 spiro atoms. The monoisotopic (exact) mass is 239 g/mol. The van der Waals surface area contributed by atoms with Crippen molar-refractivity contribution in [2.45, 2.75) is 84.0 Å². The zero-order chi connectivity index (χ0) is 12.6. The van der Waals surface area contributed by atoms with Crippen LogP contribution in [-0.4, -0.2) is 6.61 Å². The molecule has 0 aromatic rings. The van der Waals surface area contributed by atoms with Gasteiger partial charge in [-0.05, 0) is 6.42 Å². The van der Waals surface area contributed by atoms with Crippen molar-refractivity contribution in [3.8, 4) is 6.26 Å². The number of nitriles is 1. The van der Waals surface area contributed by atoms with E-state index in [-0.39, 0.29) is 0 Å². The molecular weight excluding hydrogens is 210 g/mol. The molecule has 0 unspecified atom stereocenters. The van der Waals surface area contributed by atoms with Gasteiger partial charge in [-0.25, -0.2) is 0 Å². The van der Waals surface area contributed by atoms with Crippen LogP contribution in [0.5, 0.6) is 0 Å². The van der Waals surface area contributed by atoms with Crippen LogP contribution in [0.4, 0.5) is 0 Å². The highest BCUT2D eigenvalue weighted by Gasteiger charge is 1.93. The summed E-state index contributed by atoms with van der Waals surface area (Å²) in [5.41, 5.74) is 0. The number of hydrogen-bond acceptors (Lipinski definition) is 2. The van der Waals surface area contributed by atoms with Crippen molar-refractivity contribution in [3.05, 3.63) is 0 Å². The van der Waals surface area contributed by atoms with E-state index >= 15 is 0 Å². The van der Waals surface area contributed by atoms with Crippen molar-refractivity contribution in [2.75, 3.05) is 6.61 Å². The summed E-state index contributed by atoms with van der Waals surface area (Å²) in [7, 11) is 0. The summed E-state index contributed by atoms with van der Waals surface area (Å²) in [5, 5.41) is 8.17. The molecule has 0 aliphatic carbocycles. The average Bonchev–Trinajstić information content (AvgIpc) is 2.35. The highest BCUT2D eigenvalue weighted by molar-refractivity contribution is 4.50. The maximum Gasteiger partial charge on any atom is 0.286 e. The molecule has 0 aromatic heterocycles. The third-order valence-corrected chi connectivity index (χ3v) is 3.16. The third kappa shape index (κ3) is 15.3. The van der Waals surface area contributed by atoms with Gasteiger partial charge in [0.15, 0.2) is 0 Å². The van der Waals surface area contributed by atoms with Crippen LogP contribution in [0.3, 0.4) is 0 Å². The topological polar surface area (TPSA) is 33.0 Å². The molecule has 0 aliphatic heterocycles. The van der Waals surface area contributed by atoms with Crippen LogP contribution in [0.15, 0.2) is 0 Å². The van der Waals surface area contributed by atoms with Crippen LogP contribution in [-0.2, 0) is 4.74 Å². The van der Waals surface area contributed by atoms with E-state index in [1.807, 2.05) is 0 Å². The van der Waals surface area contributed by atoms with Gasteiger partial charge in [-0.15, -0.1) is 0 Å². The van der Waals surface area contributed by atoms with Crippen LogP contribution in [0.1, 0.15) is 84.0 Å². The minimum Gasteiger partial charge on any atom is -0.428 e. The molecule has 0 heterocycles. The van der Waals surface area contributed by atoms with E-state index in [1.54, 1.807) is 6.26 Å². The molecule has 0 fully saturated rings. The van der Waals surface area contributed by atoms with Gasteiger partial charge in [0, 0.05) is 0 Å². The highest BCUT2D eigenvalue weighted by Crippen LogP contribution is 2.11. The fourth-order valence-electron chi connectivity index (χ4n) is 2.06. The van der Waals surface area contributed by atoms with Gasteiger partial charge in [0.25, 0.3) is 6.26 Å². The van der Waals surface area contributed by atoms with Gasteiger partial charge in [-0.1, -0.05) is 77.6 Å². The van der Waals surface area contributed by atoms with E-state index in [4.69, 9.17) is 5.26 Å². The van der Waals surface area contributed by atoms with Gasteiger partial charge < -0.3 is 4.74 Å². The second-order valence-electron chi connectivity index (χ2n) is 4.83. The predicted octanol–water partition coefficient (Wildman–Crippen LogP) is 5.19. The molecule has 0 aromatic carbocycles. The first kappa shape index (κ1) is 16.3. The van der Waals surface area contributed by atoms with Gasteiger partial charge in [0.2, 0.25) is 0 Å². The molecule has 0 atom stereocenters. The number of nitrogens with zero attached hydrogens (tertiary/aromatic N) is 1. The Hall–Kier alpha value is -0.710. The maximum atomic E-state index is 8.17. The summed E-state index contributed by atoms with van der Waals surface area (Å²) in [4.78, 5) is 0. The molecule has 100 valence electrons. The van der Waals surface area contributed by atoms with E-state index in [9.17, 15) is 0 Å². The van der Waals surface area contributed by atoms with Crippen molar-refractivity contribution in [1.82, 2.24) is 0 Å². The van der Waals surface area contributed by atoms with Crippen molar-refractivity contribution < 1.29 is 4.74 Å². The Morgan fingerprint density at radius 2 is 1.12 bits per heavy atom. The van der Waals surface area contributed by atoms with Gasteiger partial charge in [-0.3, -0.25) is 0 Å². The molecule has 2 heteroatoms. The zero-order valence-electron chi connectivity index (χ0n) is 11.5. The SMILES string of the molecule is CCCCCCCCCCCCCCOC#N. The third-order valence-electron chi connectivity index (χ3n) is 3.16. The summed E-state index contributed by atoms with van der Waals surface area (Å²) >= 11 is 0. The largest absolute Gasteiger partial charge is 0.428 e. The Kier molecular flexibility index (Phi) is 14.7. The van der Waals surface area contributed by atoms with Gasteiger partial charge in [0.05, 0.1) is 0 Å². The molecule has 0 saturated carbocycles. The van der Waals surface area contributed by atoms with Crippen LogP contribution in [0.2, 0.25) is 0 Å². The van der Waals surface area contributed by atoms with Crippen molar-refractivity contribution in [2.24, 2.45) is 0 Å².